The number of halogens is 1. The zero-order chi connectivity index (χ0) is 17.5. The third-order valence-corrected chi connectivity index (χ3v) is 6.04. The Morgan fingerprint density at radius 2 is 2.04 bits per heavy atom. The molecule has 0 atom stereocenters. The number of anilines is 2. The highest BCUT2D eigenvalue weighted by Crippen LogP contribution is 2.25. The predicted molar refractivity (Wildman–Crippen MR) is 102 cm³/mol. The van der Waals surface area contributed by atoms with Gasteiger partial charge in [0.25, 0.3) is 0 Å². The Labute approximate surface area is 156 Å². The number of benzene rings is 1. The molecule has 2 aromatic heterocycles. The van der Waals surface area contributed by atoms with Crippen molar-refractivity contribution >= 4 is 51.2 Å². The lowest BCUT2D eigenvalue weighted by molar-refractivity contribution is -0.113. The number of hydrogen-bond acceptors (Lipinski definition) is 7. The molecule has 3 rings (SSSR count). The van der Waals surface area contributed by atoms with Crippen molar-refractivity contribution in [3.8, 4) is 0 Å². The van der Waals surface area contributed by atoms with E-state index in [-0.39, 0.29) is 17.5 Å². The summed E-state index contributed by atoms with van der Waals surface area (Å²) in [5, 5.41) is 16.9. The van der Waals surface area contributed by atoms with Crippen LogP contribution in [0, 0.1) is 5.82 Å². The molecule has 0 radical (unpaired) electrons. The van der Waals surface area contributed by atoms with Gasteiger partial charge in [0.1, 0.15) is 5.82 Å². The molecule has 9 heteroatoms. The first-order chi connectivity index (χ1) is 12.2. The Morgan fingerprint density at radius 1 is 1.20 bits per heavy atom. The van der Waals surface area contributed by atoms with Gasteiger partial charge in [-0.3, -0.25) is 4.79 Å². The van der Waals surface area contributed by atoms with Crippen LogP contribution in [-0.4, -0.2) is 28.4 Å². The van der Waals surface area contributed by atoms with E-state index in [4.69, 9.17) is 0 Å². The molecule has 0 bridgehead atoms. The fourth-order valence-corrected chi connectivity index (χ4v) is 4.23. The fourth-order valence-electron chi connectivity index (χ4n) is 1.94. The number of carbonyl (C=O) groups excluding carboxylic acids is 1. The third-order valence-electron chi connectivity index (χ3n) is 3.09. The first-order valence-electron chi connectivity index (χ1n) is 7.47. The van der Waals surface area contributed by atoms with Crippen LogP contribution < -0.4 is 10.6 Å². The van der Waals surface area contributed by atoms with E-state index in [1.807, 2.05) is 6.07 Å². The summed E-state index contributed by atoms with van der Waals surface area (Å²) in [6.45, 7) is 0.796. The van der Waals surface area contributed by atoms with E-state index in [0.29, 0.717) is 5.69 Å². The van der Waals surface area contributed by atoms with Crippen LogP contribution in [0.2, 0.25) is 0 Å². The van der Waals surface area contributed by atoms with Gasteiger partial charge in [-0.2, -0.15) is 0 Å². The summed E-state index contributed by atoms with van der Waals surface area (Å²) in [6, 6.07) is 9.81. The molecule has 0 saturated carbocycles. The van der Waals surface area contributed by atoms with Gasteiger partial charge in [0.05, 0.1) is 5.75 Å². The van der Waals surface area contributed by atoms with Gasteiger partial charge in [0.2, 0.25) is 11.0 Å². The van der Waals surface area contributed by atoms with Crippen LogP contribution in [0.25, 0.3) is 0 Å². The van der Waals surface area contributed by atoms with Crippen molar-refractivity contribution in [2.24, 2.45) is 0 Å². The molecular formula is C16H15FN4OS3. The topological polar surface area (TPSA) is 66.9 Å². The van der Waals surface area contributed by atoms with Crippen LogP contribution >= 0.6 is 34.4 Å². The van der Waals surface area contributed by atoms with Crippen molar-refractivity contribution in [1.29, 1.82) is 0 Å². The highest BCUT2D eigenvalue weighted by Gasteiger charge is 2.08. The van der Waals surface area contributed by atoms with Crippen molar-refractivity contribution in [3.05, 3.63) is 52.5 Å². The SMILES string of the molecule is O=C(CSc1nnc(NCCc2cccs2)s1)Nc1ccc(F)cc1. The fraction of sp³-hybridized carbons (Fsp3) is 0.188. The number of aromatic nitrogens is 2. The molecule has 0 unspecified atom stereocenters. The number of thiophene rings is 1. The smallest absolute Gasteiger partial charge is 0.234 e. The third kappa shape index (κ3) is 5.80. The lowest BCUT2D eigenvalue weighted by Crippen LogP contribution is -2.13. The summed E-state index contributed by atoms with van der Waals surface area (Å²) in [7, 11) is 0. The summed E-state index contributed by atoms with van der Waals surface area (Å²) < 4.78 is 13.6. The molecule has 3 aromatic rings. The van der Waals surface area contributed by atoms with Gasteiger partial charge < -0.3 is 10.6 Å². The molecule has 0 aliphatic rings. The highest BCUT2D eigenvalue weighted by molar-refractivity contribution is 8.01. The maximum Gasteiger partial charge on any atom is 0.234 e. The molecule has 1 aromatic carbocycles. The average molecular weight is 395 g/mol. The summed E-state index contributed by atoms with van der Waals surface area (Å²) in [5.74, 6) is -0.277. The number of nitrogens with zero attached hydrogens (tertiary/aromatic N) is 2. The van der Waals surface area contributed by atoms with E-state index in [1.165, 1.54) is 52.2 Å². The van der Waals surface area contributed by atoms with E-state index in [2.05, 4.69) is 32.3 Å². The summed E-state index contributed by atoms with van der Waals surface area (Å²) >= 11 is 4.48. The van der Waals surface area contributed by atoms with E-state index in [1.54, 1.807) is 11.3 Å². The molecule has 2 N–H and O–H groups in total. The highest BCUT2D eigenvalue weighted by atomic mass is 32.2. The van der Waals surface area contributed by atoms with Gasteiger partial charge in [-0.25, -0.2) is 4.39 Å². The number of nitrogens with one attached hydrogen (secondary N) is 2. The second-order valence-electron chi connectivity index (χ2n) is 4.97. The number of thioether (sulfide) groups is 1. The minimum atomic E-state index is -0.333. The van der Waals surface area contributed by atoms with Crippen LogP contribution in [-0.2, 0) is 11.2 Å². The van der Waals surface area contributed by atoms with Crippen LogP contribution in [0.5, 0.6) is 0 Å². The Balaban J connectivity index is 1.40. The van der Waals surface area contributed by atoms with Crippen molar-refractivity contribution in [2.45, 2.75) is 10.8 Å². The number of rotatable bonds is 8. The van der Waals surface area contributed by atoms with Crippen molar-refractivity contribution < 1.29 is 9.18 Å². The normalized spacial score (nSPS) is 10.6. The number of carbonyl (C=O) groups is 1. The van der Waals surface area contributed by atoms with E-state index < -0.39 is 0 Å². The lowest BCUT2D eigenvalue weighted by Gasteiger charge is -2.03. The van der Waals surface area contributed by atoms with E-state index in [0.717, 1.165) is 22.4 Å². The minimum absolute atomic E-state index is 0.168. The summed E-state index contributed by atoms with van der Waals surface area (Å²) in [4.78, 5) is 13.2. The molecule has 130 valence electrons. The number of amides is 1. The molecule has 5 nitrogen and oxygen atoms in total. The van der Waals surface area contributed by atoms with Gasteiger partial charge >= 0.3 is 0 Å². The molecule has 0 fully saturated rings. The molecule has 0 spiro atoms. The van der Waals surface area contributed by atoms with Crippen molar-refractivity contribution in [3.63, 3.8) is 0 Å². The van der Waals surface area contributed by atoms with Gasteiger partial charge in [0, 0.05) is 17.1 Å². The maximum absolute atomic E-state index is 12.8. The van der Waals surface area contributed by atoms with Crippen LogP contribution in [0.4, 0.5) is 15.2 Å². The Kier molecular flexibility index (Phi) is 6.37. The van der Waals surface area contributed by atoms with Crippen molar-refractivity contribution in [1.82, 2.24) is 10.2 Å². The zero-order valence-electron chi connectivity index (χ0n) is 13.1. The van der Waals surface area contributed by atoms with Gasteiger partial charge in [-0.05, 0) is 42.1 Å². The van der Waals surface area contributed by atoms with Crippen molar-refractivity contribution in [2.75, 3.05) is 22.9 Å². The molecule has 2 heterocycles. The van der Waals surface area contributed by atoms with E-state index in [9.17, 15) is 9.18 Å². The Hall–Kier alpha value is -1.97. The zero-order valence-corrected chi connectivity index (χ0v) is 15.5. The van der Waals surface area contributed by atoms with Crippen LogP contribution in [0.3, 0.4) is 0 Å². The van der Waals surface area contributed by atoms with E-state index >= 15 is 0 Å². The maximum atomic E-state index is 12.8. The van der Waals surface area contributed by atoms with Crippen LogP contribution in [0.15, 0.2) is 46.1 Å². The predicted octanol–water partition coefficient (Wildman–Crippen LogP) is 4.12. The van der Waals surface area contributed by atoms with Gasteiger partial charge in [-0.15, -0.1) is 21.5 Å². The largest absolute Gasteiger partial charge is 0.360 e. The Bertz CT molecular complexity index is 805. The lowest BCUT2D eigenvalue weighted by atomic mass is 10.3. The molecule has 1 amide bonds. The Morgan fingerprint density at radius 3 is 2.80 bits per heavy atom. The minimum Gasteiger partial charge on any atom is -0.360 e. The molecule has 0 saturated heterocycles. The molecule has 0 aliphatic carbocycles. The number of hydrogen-bond donors (Lipinski definition) is 2. The quantitative estimate of drug-likeness (QED) is 0.563. The first-order valence-corrected chi connectivity index (χ1v) is 10.2. The molecule has 25 heavy (non-hydrogen) atoms. The van der Waals surface area contributed by atoms with Crippen LogP contribution in [0.1, 0.15) is 4.88 Å². The molecule has 0 aliphatic heterocycles. The second kappa shape index (κ2) is 8.93. The first kappa shape index (κ1) is 17.8. The second-order valence-corrected chi connectivity index (χ2v) is 8.21. The standard InChI is InChI=1S/C16H15FN4OS3/c17-11-3-5-12(6-4-11)19-14(22)10-24-16-21-20-15(25-16)18-8-7-13-2-1-9-23-13/h1-6,9H,7-8,10H2,(H,18,20)(H,19,22). The molecular weight excluding hydrogens is 379 g/mol. The van der Waals surface area contributed by atoms with Gasteiger partial charge in [0.15, 0.2) is 4.34 Å². The summed E-state index contributed by atoms with van der Waals surface area (Å²) in [6.07, 6.45) is 0.944. The average Bonchev–Trinajstić information content (AvgIpc) is 3.27. The summed E-state index contributed by atoms with van der Waals surface area (Å²) in [5.41, 5.74) is 0.570. The van der Waals surface area contributed by atoms with Gasteiger partial charge in [-0.1, -0.05) is 29.2 Å². The monoisotopic (exact) mass is 394 g/mol.